The van der Waals surface area contributed by atoms with Crippen molar-refractivity contribution in [1.29, 1.82) is 0 Å². The topological polar surface area (TPSA) is 50.8 Å². The molecule has 0 saturated heterocycles. The van der Waals surface area contributed by atoms with E-state index in [9.17, 15) is 4.79 Å². The van der Waals surface area contributed by atoms with Gasteiger partial charge in [-0.15, -0.1) is 11.3 Å². The van der Waals surface area contributed by atoms with Crippen LogP contribution in [0.15, 0.2) is 60.0 Å². The van der Waals surface area contributed by atoms with Crippen molar-refractivity contribution < 1.29 is 14.3 Å². The van der Waals surface area contributed by atoms with Crippen LogP contribution in [0.4, 0.5) is 11.4 Å². The minimum Gasteiger partial charge on any atom is -0.493 e. The van der Waals surface area contributed by atoms with E-state index >= 15 is 0 Å². The van der Waals surface area contributed by atoms with E-state index in [0.29, 0.717) is 11.5 Å². The number of ether oxygens (including phenoxy) is 2. The van der Waals surface area contributed by atoms with Crippen molar-refractivity contribution in [2.24, 2.45) is 0 Å². The molecule has 0 unspecified atom stereocenters. The van der Waals surface area contributed by atoms with Gasteiger partial charge in [0.15, 0.2) is 18.1 Å². The average molecular weight is 435 g/mol. The zero-order valence-electron chi connectivity index (χ0n) is 17.8. The summed E-state index contributed by atoms with van der Waals surface area (Å²) in [5.74, 6) is 0.926. The first-order valence-electron chi connectivity index (χ1n) is 10.3. The number of methoxy groups -OCH3 is 1. The lowest BCUT2D eigenvalue weighted by atomic mass is 10.1. The molecule has 1 N–H and O–H groups in total. The summed E-state index contributed by atoms with van der Waals surface area (Å²) in [6, 6.07) is 15.8. The van der Waals surface area contributed by atoms with E-state index in [1.165, 1.54) is 10.4 Å². The molecule has 0 atom stereocenters. The number of carbonyl (C=O) groups excluding carboxylic acids is 1. The van der Waals surface area contributed by atoms with Crippen LogP contribution in [0.3, 0.4) is 0 Å². The Bertz CT molecular complexity index is 1070. The summed E-state index contributed by atoms with van der Waals surface area (Å²) in [6.45, 7) is 3.82. The average Bonchev–Trinajstić information content (AvgIpc) is 3.27. The summed E-state index contributed by atoms with van der Waals surface area (Å²) < 4.78 is 11.0. The first-order valence-corrected chi connectivity index (χ1v) is 11.2. The second kappa shape index (κ2) is 9.71. The summed E-state index contributed by atoms with van der Waals surface area (Å²) in [6.07, 6.45) is 5.02. The molecule has 0 bridgehead atoms. The maximum Gasteiger partial charge on any atom is 0.262 e. The molecule has 4 rings (SSSR count). The van der Waals surface area contributed by atoms with Crippen LogP contribution in [-0.2, 0) is 17.8 Å². The van der Waals surface area contributed by atoms with Crippen molar-refractivity contribution in [2.45, 2.75) is 19.9 Å². The molecule has 5 nitrogen and oxygen atoms in total. The van der Waals surface area contributed by atoms with Gasteiger partial charge < -0.3 is 19.7 Å². The quantitative estimate of drug-likeness (QED) is 0.543. The van der Waals surface area contributed by atoms with Crippen molar-refractivity contribution in [3.63, 3.8) is 0 Å². The fourth-order valence-corrected chi connectivity index (χ4v) is 4.55. The lowest BCUT2D eigenvalue weighted by molar-refractivity contribution is -0.118. The zero-order chi connectivity index (χ0) is 21.6. The first-order chi connectivity index (χ1) is 15.2. The molecule has 0 spiro atoms. The first kappa shape index (κ1) is 21.0. The predicted octanol–water partition coefficient (Wildman–Crippen LogP) is 5.37. The van der Waals surface area contributed by atoms with Crippen molar-refractivity contribution in [3.05, 3.63) is 76.0 Å². The van der Waals surface area contributed by atoms with Gasteiger partial charge in [-0.05, 0) is 72.3 Å². The van der Waals surface area contributed by atoms with Gasteiger partial charge in [-0.25, -0.2) is 0 Å². The van der Waals surface area contributed by atoms with Gasteiger partial charge in [0.1, 0.15) is 0 Å². The summed E-state index contributed by atoms with van der Waals surface area (Å²) in [5.41, 5.74) is 4.35. The molecule has 0 radical (unpaired) electrons. The molecule has 1 aromatic heterocycles. The predicted molar refractivity (Wildman–Crippen MR) is 127 cm³/mol. The third-order valence-electron chi connectivity index (χ3n) is 5.23. The van der Waals surface area contributed by atoms with Gasteiger partial charge in [-0.1, -0.05) is 18.2 Å². The van der Waals surface area contributed by atoms with Crippen LogP contribution in [0.5, 0.6) is 11.5 Å². The Hall–Kier alpha value is -3.25. The molecule has 1 amide bonds. The molecular formula is C25H26N2O3S. The van der Waals surface area contributed by atoms with E-state index < -0.39 is 0 Å². The van der Waals surface area contributed by atoms with Crippen LogP contribution in [0, 0.1) is 0 Å². The Balaban J connectivity index is 1.32. The van der Waals surface area contributed by atoms with Crippen molar-refractivity contribution in [1.82, 2.24) is 0 Å². The maximum atomic E-state index is 12.4. The minimum atomic E-state index is -0.215. The smallest absolute Gasteiger partial charge is 0.262 e. The lowest BCUT2D eigenvalue weighted by Gasteiger charge is -2.29. The Morgan fingerprint density at radius 2 is 2.00 bits per heavy atom. The molecule has 0 saturated carbocycles. The third kappa shape index (κ3) is 5.09. The molecule has 0 aliphatic carbocycles. The van der Waals surface area contributed by atoms with Crippen molar-refractivity contribution >= 4 is 34.7 Å². The minimum absolute atomic E-state index is 0.0892. The molecule has 31 heavy (non-hydrogen) atoms. The molecule has 160 valence electrons. The molecule has 2 heterocycles. The van der Waals surface area contributed by atoms with Crippen LogP contribution in [0.25, 0.3) is 6.08 Å². The van der Waals surface area contributed by atoms with Gasteiger partial charge in [0.25, 0.3) is 5.91 Å². The SMILES string of the molecule is C/C=C/c1ccc(OCC(=O)Nc2ccc(N3CCc4sccc4C3)cc2)c(OC)c1. The zero-order valence-corrected chi connectivity index (χ0v) is 18.6. The Morgan fingerprint density at radius 1 is 1.16 bits per heavy atom. The largest absolute Gasteiger partial charge is 0.493 e. The monoisotopic (exact) mass is 434 g/mol. The number of benzene rings is 2. The molecule has 3 aromatic rings. The van der Waals surface area contributed by atoms with E-state index in [4.69, 9.17) is 9.47 Å². The Labute approximate surface area is 186 Å². The number of nitrogens with one attached hydrogen (secondary N) is 1. The number of hydrogen-bond acceptors (Lipinski definition) is 5. The Kier molecular flexibility index (Phi) is 6.57. The number of thiophene rings is 1. The van der Waals surface area contributed by atoms with Gasteiger partial charge in [-0.2, -0.15) is 0 Å². The highest BCUT2D eigenvalue weighted by Crippen LogP contribution is 2.30. The normalized spacial score (nSPS) is 13.2. The van der Waals surface area contributed by atoms with Gasteiger partial charge in [-0.3, -0.25) is 4.79 Å². The van der Waals surface area contributed by atoms with Crippen LogP contribution >= 0.6 is 11.3 Å². The Morgan fingerprint density at radius 3 is 2.77 bits per heavy atom. The second-order valence-corrected chi connectivity index (χ2v) is 8.34. The molecule has 1 aliphatic rings. The van der Waals surface area contributed by atoms with E-state index in [2.05, 4.69) is 33.8 Å². The van der Waals surface area contributed by atoms with Gasteiger partial charge in [0, 0.05) is 29.3 Å². The molecule has 1 aliphatic heterocycles. The van der Waals surface area contributed by atoms with E-state index in [1.54, 1.807) is 7.11 Å². The molecule has 0 fully saturated rings. The van der Waals surface area contributed by atoms with E-state index in [1.807, 2.05) is 60.7 Å². The summed E-state index contributed by atoms with van der Waals surface area (Å²) >= 11 is 1.84. The number of fused-ring (bicyclic) bond motifs is 1. The van der Waals surface area contributed by atoms with Crippen molar-refractivity contribution in [3.8, 4) is 11.5 Å². The second-order valence-electron chi connectivity index (χ2n) is 7.33. The molecule has 2 aromatic carbocycles. The highest BCUT2D eigenvalue weighted by atomic mass is 32.1. The summed E-state index contributed by atoms with van der Waals surface area (Å²) in [4.78, 5) is 16.2. The van der Waals surface area contributed by atoms with Crippen LogP contribution < -0.4 is 19.7 Å². The number of anilines is 2. The number of rotatable bonds is 7. The van der Waals surface area contributed by atoms with Crippen LogP contribution in [0.2, 0.25) is 0 Å². The van der Waals surface area contributed by atoms with Crippen molar-refractivity contribution in [2.75, 3.05) is 30.5 Å². The van der Waals surface area contributed by atoms with Gasteiger partial charge in [0.2, 0.25) is 0 Å². The summed E-state index contributed by atoms with van der Waals surface area (Å²) in [7, 11) is 1.59. The molecule has 6 heteroatoms. The number of carbonyl (C=O) groups is 1. The number of hydrogen-bond donors (Lipinski definition) is 1. The highest BCUT2D eigenvalue weighted by Gasteiger charge is 2.17. The lowest BCUT2D eigenvalue weighted by Crippen LogP contribution is -2.29. The maximum absolute atomic E-state index is 12.4. The number of amides is 1. The highest BCUT2D eigenvalue weighted by molar-refractivity contribution is 7.10. The number of allylic oxidation sites excluding steroid dienone is 1. The van der Waals surface area contributed by atoms with Crippen LogP contribution in [-0.4, -0.2) is 26.2 Å². The van der Waals surface area contributed by atoms with Crippen LogP contribution in [0.1, 0.15) is 22.9 Å². The van der Waals surface area contributed by atoms with E-state index in [-0.39, 0.29) is 12.5 Å². The van der Waals surface area contributed by atoms with Gasteiger partial charge in [0.05, 0.1) is 7.11 Å². The fourth-order valence-electron chi connectivity index (χ4n) is 3.66. The van der Waals surface area contributed by atoms with E-state index in [0.717, 1.165) is 36.4 Å². The number of nitrogens with zero attached hydrogens (tertiary/aromatic N) is 1. The summed E-state index contributed by atoms with van der Waals surface area (Å²) in [5, 5.41) is 5.06. The van der Waals surface area contributed by atoms with Gasteiger partial charge >= 0.3 is 0 Å². The standard InChI is InChI=1S/C25H26N2O3S/c1-3-4-18-5-10-22(23(15-18)29-2)30-17-25(28)26-20-6-8-21(9-7-20)27-13-11-24-19(16-27)12-14-31-24/h3-10,12,14-15H,11,13,16-17H2,1-2H3,(H,26,28)/b4-3+. The molecular weight excluding hydrogens is 408 g/mol. The fraction of sp³-hybridized carbons (Fsp3) is 0.240. The third-order valence-corrected chi connectivity index (χ3v) is 6.25.